The summed E-state index contributed by atoms with van der Waals surface area (Å²) < 4.78 is 26.9. The maximum absolute atomic E-state index is 13.5. The van der Waals surface area contributed by atoms with Crippen LogP contribution >= 0.6 is 0 Å². The van der Waals surface area contributed by atoms with E-state index in [1.54, 1.807) is 4.90 Å². The lowest BCUT2D eigenvalue weighted by Crippen LogP contribution is -2.38. The first-order valence-corrected chi connectivity index (χ1v) is 4.97. The van der Waals surface area contributed by atoms with Gasteiger partial charge in [0.25, 0.3) is 5.92 Å². The third-order valence-electron chi connectivity index (χ3n) is 3.41. The zero-order chi connectivity index (χ0) is 10.3. The van der Waals surface area contributed by atoms with Gasteiger partial charge in [0.15, 0.2) is 5.96 Å². The molecule has 3 N–H and O–H groups in total. The Morgan fingerprint density at radius 1 is 1.43 bits per heavy atom. The number of nitrogens with zero attached hydrogens (tertiary/aromatic N) is 1. The van der Waals surface area contributed by atoms with Crippen LogP contribution in [0.3, 0.4) is 0 Å². The number of halogens is 2. The molecule has 2 aliphatic rings. The number of guanidine groups is 1. The molecule has 2 rings (SSSR count). The van der Waals surface area contributed by atoms with E-state index in [4.69, 9.17) is 11.1 Å². The van der Waals surface area contributed by atoms with Crippen molar-refractivity contribution < 1.29 is 8.78 Å². The van der Waals surface area contributed by atoms with Crippen LogP contribution in [0.5, 0.6) is 0 Å². The topological polar surface area (TPSA) is 53.1 Å². The highest BCUT2D eigenvalue weighted by Crippen LogP contribution is 2.45. The van der Waals surface area contributed by atoms with Gasteiger partial charge in [0, 0.05) is 25.4 Å². The number of alkyl halides is 2. The predicted molar refractivity (Wildman–Crippen MR) is 49.3 cm³/mol. The van der Waals surface area contributed by atoms with Gasteiger partial charge in [-0.2, -0.15) is 0 Å². The lowest BCUT2D eigenvalue weighted by atomic mass is 9.79. The van der Waals surface area contributed by atoms with Crippen LogP contribution in [0.4, 0.5) is 8.78 Å². The maximum atomic E-state index is 13.5. The van der Waals surface area contributed by atoms with E-state index in [0.29, 0.717) is 13.0 Å². The fraction of sp³-hybridized carbons (Fsp3) is 0.889. The number of hydrogen-bond acceptors (Lipinski definition) is 1. The van der Waals surface area contributed by atoms with Gasteiger partial charge in [0.2, 0.25) is 0 Å². The molecule has 0 radical (unpaired) electrons. The Morgan fingerprint density at radius 3 is 2.71 bits per heavy atom. The van der Waals surface area contributed by atoms with Gasteiger partial charge in [0.05, 0.1) is 0 Å². The average Bonchev–Trinajstić information content (AvgIpc) is 2.48. The first-order valence-electron chi connectivity index (χ1n) is 4.97. The van der Waals surface area contributed by atoms with Crippen molar-refractivity contribution in [2.24, 2.45) is 17.6 Å². The molecule has 80 valence electrons. The van der Waals surface area contributed by atoms with E-state index in [0.717, 1.165) is 6.42 Å². The number of likely N-dealkylation sites (tertiary alicyclic amines) is 1. The van der Waals surface area contributed by atoms with E-state index in [1.165, 1.54) is 0 Å². The second kappa shape index (κ2) is 3.07. The lowest BCUT2D eigenvalue weighted by molar-refractivity contribution is -0.0940. The van der Waals surface area contributed by atoms with Crippen LogP contribution in [-0.4, -0.2) is 29.9 Å². The fourth-order valence-electron chi connectivity index (χ4n) is 2.62. The van der Waals surface area contributed by atoms with Crippen LogP contribution in [0.1, 0.15) is 19.3 Å². The zero-order valence-electron chi connectivity index (χ0n) is 7.97. The average molecular weight is 203 g/mol. The molecule has 0 amide bonds. The van der Waals surface area contributed by atoms with E-state index in [9.17, 15) is 8.78 Å². The zero-order valence-corrected chi connectivity index (χ0v) is 7.97. The molecule has 1 saturated carbocycles. The summed E-state index contributed by atoms with van der Waals surface area (Å²) in [5.41, 5.74) is 5.30. The van der Waals surface area contributed by atoms with Crippen LogP contribution in [0.25, 0.3) is 0 Å². The summed E-state index contributed by atoms with van der Waals surface area (Å²) in [5, 5.41) is 7.23. The van der Waals surface area contributed by atoms with Crippen LogP contribution in [0.2, 0.25) is 0 Å². The number of rotatable bonds is 0. The van der Waals surface area contributed by atoms with E-state index in [2.05, 4.69) is 0 Å². The highest BCUT2D eigenvalue weighted by molar-refractivity contribution is 5.74. The van der Waals surface area contributed by atoms with E-state index in [1.807, 2.05) is 0 Å². The summed E-state index contributed by atoms with van der Waals surface area (Å²) in [6.07, 6.45) is 1.45. The number of fused-ring (bicyclic) bond motifs is 1. The van der Waals surface area contributed by atoms with Crippen molar-refractivity contribution in [3.8, 4) is 0 Å². The van der Waals surface area contributed by atoms with Gasteiger partial charge in [0.1, 0.15) is 0 Å². The molecule has 5 heteroatoms. The Morgan fingerprint density at radius 2 is 2.14 bits per heavy atom. The molecular weight excluding hydrogens is 188 g/mol. The molecule has 3 nitrogen and oxygen atoms in total. The van der Waals surface area contributed by atoms with Gasteiger partial charge < -0.3 is 10.6 Å². The summed E-state index contributed by atoms with van der Waals surface area (Å²) >= 11 is 0. The third-order valence-corrected chi connectivity index (χ3v) is 3.41. The smallest absolute Gasteiger partial charge is 0.252 e. The number of hydrogen-bond donors (Lipinski definition) is 2. The summed E-state index contributed by atoms with van der Waals surface area (Å²) in [4.78, 5) is 1.56. The summed E-state index contributed by atoms with van der Waals surface area (Å²) in [5.74, 6) is -3.18. The van der Waals surface area contributed by atoms with E-state index >= 15 is 0 Å². The Balaban J connectivity index is 2.12. The third kappa shape index (κ3) is 1.44. The van der Waals surface area contributed by atoms with Gasteiger partial charge in [-0.1, -0.05) is 0 Å². The van der Waals surface area contributed by atoms with E-state index in [-0.39, 0.29) is 24.8 Å². The van der Waals surface area contributed by atoms with Crippen molar-refractivity contribution in [2.45, 2.75) is 25.2 Å². The molecule has 14 heavy (non-hydrogen) atoms. The van der Waals surface area contributed by atoms with Crippen molar-refractivity contribution >= 4 is 5.96 Å². The molecule has 0 spiro atoms. The van der Waals surface area contributed by atoms with Gasteiger partial charge in [-0.3, -0.25) is 5.41 Å². The molecule has 1 saturated heterocycles. The Labute approximate surface area is 81.8 Å². The SMILES string of the molecule is N=C(N)N1C[C@H]2CCCC(F)(F)[C@H]2C1. The molecule has 0 aromatic heterocycles. The first kappa shape index (κ1) is 9.68. The molecule has 1 aliphatic carbocycles. The van der Waals surface area contributed by atoms with Crippen molar-refractivity contribution in [1.82, 2.24) is 4.90 Å². The quantitative estimate of drug-likeness (QED) is 0.460. The van der Waals surface area contributed by atoms with Crippen molar-refractivity contribution in [2.75, 3.05) is 13.1 Å². The van der Waals surface area contributed by atoms with Gasteiger partial charge in [-0.05, 0) is 18.8 Å². The molecule has 2 fully saturated rings. The molecule has 2 atom stereocenters. The minimum atomic E-state index is -2.55. The van der Waals surface area contributed by atoms with Gasteiger partial charge in [-0.15, -0.1) is 0 Å². The van der Waals surface area contributed by atoms with Gasteiger partial charge in [-0.25, -0.2) is 8.78 Å². The lowest BCUT2D eigenvalue weighted by Gasteiger charge is -2.32. The van der Waals surface area contributed by atoms with Crippen molar-refractivity contribution in [3.05, 3.63) is 0 Å². The number of nitrogens with one attached hydrogen (secondary N) is 1. The predicted octanol–water partition coefficient (Wildman–Crippen LogP) is 1.25. The second-order valence-electron chi connectivity index (χ2n) is 4.31. The van der Waals surface area contributed by atoms with E-state index < -0.39 is 11.8 Å². The minimum absolute atomic E-state index is 0.0000879. The Kier molecular flexibility index (Phi) is 2.12. The molecule has 0 unspecified atom stereocenters. The molecule has 1 aliphatic heterocycles. The van der Waals surface area contributed by atoms with Crippen LogP contribution < -0.4 is 5.73 Å². The summed E-state index contributed by atoms with van der Waals surface area (Å²) in [6, 6.07) is 0. The highest BCUT2D eigenvalue weighted by Gasteiger charge is 2.51. The minimum Gasteiger partial charge on any atom is -0.370 e. The molecule has 0 aromatic carbocycles. The van der Waals surface area contributed by atoms with Crippen LogP contribution in [0, 0.1) is 17.2 Å². The Bertz CT molecular complexity index is 254. The molecule has 1 heterocycles. The fourth-order valence-corrected chi connectivity index (χ4v) is 2.62. The second-order valence-corrected chi connectivity index (χ2v) is 4.31. The van der Waals surface area contributed by atoms with Crippen molar-refractivity contribution in [1.29, 1.82) is 5.41 Å². The molecule has 0 aromatic rings. The Hall–Kier alpha value is -0.870. The standard InChI is InChI=1S/C9H15F2N3/c10-9(11)3-1-2-6-4-14(8(12)13)5-7(6)9/h6-7H,1-5H2,(H3,12,13)/t6-,7+/m1/s1. The highest BCUT2D eigenvalue weighted by atomic mass is 19.3. The molecular formula is C9H15F2N3. The molecule has 0 bridgehead atoms. The normalized spacial score (nSPS) is 35.4. The van der Waals surface area contributed by atoms with Crippen LogP contribution in [-0.2, 0) is 0 Å². The largest absolute Gasteiger partial charge is 0.370 e. The monoisotopic (exact) mass is 203 g/mol. The van der Waals surface area contributed by atoms with Crippen molar-refractivity contribution in [3.63, 3.8) is 0 Å². The summed E-state index contributed by atoms with van der Waals surface area (Å²) in [6.45, 7) is 0.794. The maximum Gasteiger partial charge on any atom is 0.252 e. The first-order chi connectivity index (χ1) is 6.50. The van der Waals surface area contributed by atoms with Gasteiger partial charge >= 0.3 is 0 Å². The number of nitrogens with two attached hydrogens (primary N) is 1. The summed E-state index contributed by atoms with van der Waals surface area (Å²) in [7, 11) is 0. The van der Waals surface area contributed by atoms with Crippen LogP contribution in [0.15, 0.2) is 0 Å².